The summed E-state index contributed by atoms with van der Waals surface area (Å²) in [5, 5.41) is 11.6. The molecule has 0 radical (unpaired) electrons. The minimum absolute atomic E-state index is 0.965. The van der Waals surface area contributed by atoms with Crippen molar-refractivity contribution in [2.75, 3.05) is 13.1 Å². The lowest BCUT2D eigenvalue weighted by molar-refractivity contribution is 0.243. The highest BCUT2D eigenvalue weighted by Gasteiger charge is 2.39. The molecule has 5 heteroatoms. The van der Waals surface area contributed by atoms with Crippen molar-refractivity contribution < 1.29 is 0 Å². The fraction of sp³-hybridized carbons (Fsp3) is 0.571. The summed E-state index contributed by atoms with van der Waals surface area (Å²) in [5.41, 5.74) is 3.50. The smallest absolute Gasteiger partial charge is 0.0876 e. The maximum Gasteiger partial charge on any atom is 0.0876 e. The summed E-state index contributed by atoms with van der Waals surface area (Å²) >= 11 is 0. The average Bonchev–Trinajstić information content (AvgIpc) is 3.04. The fourth-order valence-corrected chi connectivity index (χ4v) is 3.50. The summed E-state index contributed by atoms with van der Waals surface area (Å²) in [6, 6.07) is 2.03. The minimum atomic E-state index is 0.965. The van der Waals surface area contributed by atoms with Gasteiger partial charge in [0.25, 0.3) is 0 Å². The van der Waals surface area contributed by atoms with Gasteiger partial charge in [-0.15, -0.1) is 0 Å². The first-order chi connectivity index (χ1) is 9.31. The van der Waals surface area contributed by atoms with Crippen molar-refractivity contribution in [2.45, 2.75) is 19.4 Å². The number of hydrogen-bond acceptors (Lipinski definition) is 3. The zero-order valence-corrected chi connectivity index (χ0v) is 11.2. The SMILES string of the molecule is Cn1nccc1-c1[nH]ncc1CN1C[C@H]2CC[C@H]2C1. The van der Waals surface area contributed by atoms with Crippen LogP contribution in [0.5, 0.6) is 0 Å². The van der Waals surface area contributed by atoms with Crippen LogP contribution in [0, 0.1) is 11.8 Å². The fourth-order valence-electron chi connectivity index (χ4n) is 3.50. The van der Waals surface area contributed by atoms with Gasteiger partial charge in [-0.05, 0) is 30.7 Å². The topological polar surface area (TPSA) is 49.7 Å². The van der Waals surface area contributed by atoms with Gasteiger partial charge in [-0.3, -0.25) is 14.7 Å². The normalized spacial score (nSPS) is 26.4. The molecular weight excluding hydrogens is 238 g/mol. The average molecular weight is 257 g/mol. The molecule has 5 nitrogen and oxygen atoms in total. The lowest BCUT2D eigenvalue weighted by Gasteiger charge is -2.28. The molecule has 2 aliphatic rings. The second kappa shape index (κ2) is 4.20. The Balaban J connectivity index is 1.56. The van der Waals surface area contributed by atoms with E-state index in [0.717, 1.165) is 29.8 Å². The van der Waals surface area contributed by atoms with Gasteiger partial charge in [0.05, 0.1) is 17.6 Å². The molecule has 1 N–H and O–H groups in total. The molecule has 4 rings (SSSR count). The van der Waals surface area contributed by atoms with E-state index in [1.165, 1.54) is 31.5 Å². The van der Waals surface area contributed by atoms with Crippen LogP contribution in [0.2, 0.25) is 0 Å². The summed E-state index contributed by atoms with van der Waals surface area (Å²) in [6.45, 7) is 3.53. The van der Waals surface area contributed by atoms with Gasteiger partial charge in [-0.2, -0.15) is 10.2 Å². The van der Waals surface area contributed by atoms with Gasteiger partial charge in [-0.25, -0.2) is 0 Å². The van der Waals surface area contributed by atoms with E-state index in [1.807, 2.05) is 30.2 Å². The Labute approximate surface area is 112 Å². The molecule has 0 aromatic carbocycles. The van der Waals surface area contributed by atoms with Crippen molar-refractivity contribution in [3.05, 3.63) is 24.0 Å². The highest BCUT2D eigenvalue weighted by Crippen LogP contribution is 2.41. The maximum atomic E-state index is 4.23. The van der Waals surface area contributed by atoms with Gasteiger partial charge in [0, 0.05) is 38.4 Å². The molecule has 1 aliphatic heterocycles. The van der Waals surface area contributed by atoms with Gasteiger partial charge in [0.15, 0.2) is 0 Å². The predicted octanol–water partition coefficient (Wildman–Crippen LogP) is 1.65. The number of aryl methyl sites for hydroxylation is 1. The summed E-state index contributed by atoms with van der Waals surface area (Å²) in [4.78, 5) is 2.58. The Morgan fingerprint density at radius 3 is 2.74 bits per heavy atom. The van der Waals surface area contributed by atoms with Gasteiger partial charge in [-0.1, -0.05) is 0 Å². The lowest BCUT2D eigenvalue weighted by Crippen LogP contribution is -2.22. The summed E-state index contributed by atoms with van der Waals surface area (Å²) in [5.74, 6) is 1.93. The molecule has 100 valence electrons. The summed E-state index contributed by atoms with van der Waals surface area (Å²) in [7, 11) is 1.97. The number of aromatic amines is 1. The Morgan fingerprint density at radius 1 is 1.32 bits per heavy atom. The molecule has 0 unspecified atom stereocenters. The molecule has 1 saturated heterocycles. The van der Waals surface area contributed by atoms with Crippen molar-refractivity contribution in [3.8, 4) is 11.4 Å². The molecule has 0 spiro atoms. The highest BCUT2D eigenvalue weighted by atomic mass is 15.3. The van der Waals surface area contributed by atoms with E-state index in [2.05, 4.69) is 20.2 Å². The van der Waals surface area contributed by atoms with Crippen LogP contribution in [0.25, 0.3) is 11.4 Å². The standard InChI is InChI=1S/C14H19N5/c1-18-13(4-5-16-18)14-12(6-15-17-14)9-19-7-10-2-3-11(10)8-19/h4-6,10-11H,2-3,7-9H2,1H3,(H,15,17)/t10-,11+. The number of hydrogen-bond donors (Lipinski definition) is 1. The van der Waals surface area contributed by atoms with E-state index >= 15 is 0 Å². The van der Waals surface area contributed by atoms with Crippen LogP contribution in [0.15, 0.2) is 18.5 Å². The number of rotatable bonds is 3. The number of H-pyrrole nitrogens is 1. The number of fused-ring (bicyclic) bond motifs is 1. The molecule has 2 aromatic heterocycles. The Morgan fingerprint density at radius 2 is 2.11 bits per heavy atom. The van der Waals surface area contributed by atoms with Gasteiger partial charge < -0.3 is 0 Å². The predicted molar refractivity (Wildman–Crippen MR) is 72.3 cm³/mol. The van der Waals surface area contributed by atoms with E-state index < -0.39 is 0 Å². The van der Waals surface area contributed by atoms with Crippen molar-refractivity contribution in [1.82, 2.24) is 24.9 Å². The first-order valence-corrected chi connectivity index (χ1v) is 7.04. The molecule has 2 fully saturated rings. The van der Waals surface area contributed by atoms with E-state index in [9.17, 15) is 0 Å². The molecular formula is C14H19N5. The van der Waals surface area contributed by atoms with Gasteiger partial charge >= 0.3 is 0 Å². The van der Waals surface area contributed by atoms with Crippen LogP contribution < -0.4 is 0 Å². The van der Waals surface area contributed by atoms with Crippen molar-refractivity contribution in [1.29, 1.82) is 0 Å². The maximum absolute atomic E-state index is 4.23. The highest BCUT2D eigenvalue weighted by molar-refractivity contribution is 5.58. The van der Waals surface area contributed by atoms with Crippen LogP contribution in [-0.2, 0) is 13.6 Å². The molecule has 3 heterocycles. The number of aromatic nitrogens is 4. The van der Waals surface area contributed by atoms with Gasteiger partial charge in [0.2, 0.25) is 0 Å². The van der Waals surface area contributed by atoms with E-state index in [0.29, 0.717) is 0 Å². The molecule has 2 atom stereocenters. The Bertz CT molecular complexity index is 572. The van der Waals surface area contributed by atoms with Crippen molar-refractivity contribution in [3.63, 3.8) is 0 Å². The van der Waals surface area contributed by atoms with E-state index in [1.54, 1.807) is 0 Å². The minimum Gasteiger partial charge on any atom is -0.298 e. The number of nitrogens with one attached hydrogen (secondary N) is 1. The van der Waals surface area contributed by atoms with E-state index in [-0.39, 0.29) is 0 Å². The third kappa shape index (κ3) is 1.80. The largest absolute Gasteiger partial charge is 0.298 e. The molecule has 19 heavy (non-hydrogen) atoms. The van der Waals surface area contributed by atoms with E-state index in [4.69, 9.17) is 0 Å². The summed E-state index contributed by atoms with van der Waals surface area (Å²) in [6.07, 6.45) is 6.65. The van der Waals surface area contributed by atoms with Crippen molar-refractivity contribution >= 4 is 0 Å². The quantitative estimate of drug-likeness (QED) is 0.909. The zero-order valence-electron chi connectivity index (χ0n) is 11.2. The van der Waals surface area contributed by atoms with Gasteiger partial charge in [0.1, 0.15) is 0 Å². The first kappa shape index (κ1) is 11.2. The van der Waals surface area contributed by atoms with Crippen molar-refractivity contribution in [2.24, 2.45) is 18.9 Å². The molecule has 1 saturated carbocycles. The molecule has 0 bridgehead atoms. The lowest BCUT2D eigenvalue weighted by atomic mass is 9.77. The third-order valence-corrected chi connectivity index (χ3v) is 4.75. The zero-order chi connectivity index (χ0) is 12.8. The number of likely N-dealkylation sites (tertiary alicyclic amines) is 1. The molecule has 0 amide bonds. The summed E-state index contributed by atoms with van der Waals surface area (Å²) < 4.78 is 1.89. The molecule has 2 aromatic rings. The van der Waals surface area contributed by atoms with Crippen LogP contribution in [0.1, 0.15) is 18.4 Å². The second-order valence-corrected chi connectivity index (χ2v) is 5.90. The van der Waals surface area contributed by atoms with Crippen LogP contribution in [-0.4, -0.2) is 38.0 Å². The van der Waals surface area contributed by atoms with Crippen LogP contribution >= 0.6 is 0 Å². The second-order valence-electron chi connectivity index (χ2n) is 5.90. The Hall–Kier alpha value is -1.62. The third-order valence-electron chi connectivity index (χ3n) is 4.75. The Kier molecular flexibility index (Phi) is 2.48. The first-order valence-electron chi connectivity index (χ1n) is 7.04. The molecule has 1 aliphatic carbocycles. The monoisotopic (exact) mass is 257 g/mol. The van der Waals surface area contributed by atoms with Crippen LogP contribution in [0.4, 0.5) is 0 Å². The number of nitrogens with zero attached hydrogens (tertiary/aromatic N) is 4. The van der Waals surface area contributed by atoms with Crippen LogP contribution in [0.3, 0.4) is 0 Å².